The molecular weight excluding hydrogens is 168 g/mol. The van der Waals surface area contributed by atoms with E-state index in [4.69, 9.17) is 0 Å². The van der Waals surface area contributed by atoms with Crippen LogP contribution in [0.3, 0.4) is 0 Å². The lowest BCUT2D eigenvalue weighted by atomic mass is 10.1. The lowest BCUT2D eigenvalue weighted by Crippen LogP contribution is -1.86. The number of benzene rings is 1. The average molecular weight is 178 g/mol. The molecule has 1 aromatic carbocycles. The fourth-order valence-corrected chi connectivity index (χ4v) is 2.51. The molecule has 0 saturated carbocycles. The zero-order valence-corrected chi connectivity index (χ0v) is 7.51. The Hall–Kier alpha value is -0.760. The van der Waals surface area contributed by atoms with E-state index in [0.717, 1.165) is 12.8 Å². The molecule has 1 heterocycles. The highest BCUT2D eigenvalue weighted by molar-refractivity contribution is 8.14. The smallest absolute Gasteiger partial charge is 0.189 e. The van der Waals surface area contributed by atoms with Crippen molar-refractivity contribution in [3.8, 4) is 0 Å². The number of carbonyl (C=O) groups is 1. The van der Waals surface area contributed by atoms with Crippen LogP contribution in [0.15, 0.2) is 30.3 Å². The molecular formula is C10H10OS. The van der Waals surface area contributed by atoms with Crippen LogP contribution < -0.4 is 0 Å². The molecule has 1 atom stereocenters. The Morgan fingerprint density at radius 2 is 2.00 bits per heavy atom. The molecule has 0 spiro atoms. The summed E-state index contributed by atoms with van der Waals surface area (Å²) < 4.78 is 0. The largest absolute Gasteiger partial charge is 0.287 e. The van der Waals surface area contributed by atoms with Gasteiger partial charge in [-0.1, -0.05) is 42.1 Å². The summed E-state index contributed by atoms with van der Waals surface area (Å²) in [6, 6.07) is 10.2. The molecule has 1 aromatic rings. The first-order valence-corrected chi connectivity index (χ1v) is 4.98. The van der Waals surface area contributed by atoms with E-state index in [9.17, 15) is 4.79 Å². The minimum absolute atomic E-state index is 0.337. The van der Waals surface area contributed by atoms with Crippen molar-refractivity contribution in [2.75, 3.05) is 0 Å². The zero-order valence-electron chi connectivity index (χ0n) is 6.69. The molecule has 0 aliphatic carbocycles. The second kappa shape index (κ2) is 3.31. The van der Waals surface area contributed by atoms with Crippen molar-refractivity contribution < 1.29 is 4.79 Å². The van der Waals surface area contributed by atoms with Crippen LogP contribution >= 0.6 is 11.8 Å². The van der Waals surface area contributed by atoms with Gasteiger partial charge in [-0.3, -0.25) is 4.79 Å². The minimum atomic E-state index is 0.337. The van der Waals surface area contributed by atoms with Crippen molar-refractivity contribution in [2.24, 2.45) is 0 Å². The van der Waals surface area contributed by atoms with Gasteiger partial charge in [-0.15, -0.1) is 0 Å². The van der Waals surface area contributed by atoms with Crippen LogP contribution in [0.25, 0.3) is 0 Å². The van der Waals surface area contributed by atoms with Crippen LogP contribution in [-0.4, -0.2) is 5.12 Å². The summed E-state index contributed by atoms with van der Waals surface area (Å²) in [5.41, 5.74) is 1.29. The number of rotatable bonds is 1. The van der Waals surface area contributed by atoms with Crippen LogP contribution in [-0.2, 0) is 4.79 Å². The van der Waals surface area contributed by atoms with E-state index >= 15 is 0 Å². The highest BCUT2D eigenvalue weighted by atomic mass is 32.2. The van der Waals surface area contributed by atoms with Crippen molar-refractivity contribution >= 4 is 16.9 Å². The summed E-state index contributed by atoms with van der Waals surface area (Å²) in [6.07, 6.45) is 1.75. The number of hydrogen-bond acceptors (Lipinski definition) is 2. The number of hydrogen-bond donors (Lipinski definition) is 0. The molecule has 2 rings (SSSR count). The highest BCUT2D eigenvalue weighted by Gasteiger charge is 2.23. The third-order valence-corrected chi connectivity index (χ3v) is 3.32. The first kappa shape index (κ1) is 7.87. The zero-order chi connectivity index (χ0) is 8.39. The van der Waals surface area contributed by atoms with E-state index in [1.807, 2.05) is 18.2 Å². The number of carbonyl (C=O) groups excluding carboxylic acids is 1. The van der Waals surface area contributed by atoms with Crippen LogP contribution in [0, 0.1) is 0 Å². The van der Waals surface area contributed by atoms with Crippen LogP contribution in [0.1, 0.15) is 23.7 Å². The maximum Gasteiger partial charge on any atom is 0.189 e. The molecule has 1 saturated heterocycles. The highest BCUT2D eigenvalue weighted by Crippen LogP contribution is 2.40. The fourth-order valence-electron chi connectivity index (χ4n) is 1.43. The predicted octanol–water partition coefficient (Wildman–Crippen LogP) is 2.78. The van der Waals surface area contributed by atoms with Crippen molar-refractivity contribution in [3.05, 3.63) is 35.9 Å². The van der Waals surface area contributed by atoms with Crippen LogP contribution in [0.2, 0.25) is 0 Å². The Labute approximate surface area is 76.2 Å². The van der Waals surface area contributed by atoms with Crippen molar-refractivity contribution in [1.29, 1.82) is 0 Å². The van der Waals surface area contributed by atoms with Gasteiger partial charge in [-0.05, 0) is 12.0 Å². The van der Waals surface area contributed by atoms with E-state index in [2.05, 4.69) is 12.1 Å². The van der Waals surface area contributed by atoms with E-state index in [1.165, 1.54) is 17.3 Å². The van der Waals surface area contributed by atoms with Gasteiger partial charge in [0.1, 0.15) is 0 Å². The van der Waals surface area contributed by atoms with E-state index in [0.29, 0.717) is 10.4 Å². The van der Waals surface area contributed by atoms with Gasteiger partial charge < -0.3 is 0 Å². The topological polar surface area (TPSA) is 17.1 Å². The fraction of sp³-hybridized carbons (Fsp3) is 0.300. The molecule has 0 amide bonds. The Morgan fingerprint density at radius 3 is 2.58 bits per heavy atom. The van der Waals surface area contributed by atoms with Gasteiger partial charge in [0.15, 0.2) is 5.12 Å². The van der Waals surface area contributed by atoms with E-state index in [-0.39, 0.29) is 0 Å². The maximum atomic E-state index is 11.0. The Balaban J connectivity index is 2.16. The van der Waals surface area contributed by atoms with Gasteiger partial charge in [-0.2, -0.15) is 0 Å². The summed E-state index contributed by atoms with van der Waals surface area (Å²) in [5, 5.41) is 0.752. The molecule has 1 unspecified atom stereocenters. The first-order chi connectivity index (χ1) is 5.86. The van der Waals surface area contributed by atoms with Gasteiger partial charge in [0.2, 0.25) is 0 Å². The summed E-state index contributed by atoms with van der Waals surface area (Å²) in [4.78, 5) is 11.0. The van der Waals surface area contributed by atoms with E-state index in [1.54, 1.807) is 0 Å². The van der Waals surface area contributed by atoms with Gasteiger partial charge in [0.05, 0.1) is 0 Å². The summed E-state index contributed by atoms with van der Waals surface area (Å²) in [7, 11) is 0. The van der Waals surface area contributed by atoms with Gasteiger partial charge in [0.25, 0.3) is 0 Å². The van der Waals surface area contributed by atoms with Gasteiger partial charge in [0, 0.05) is 11.7 Å². The summed E-state index contributed by atoms with van der Waals surface area (Å²) in [5.74, 6) is 0. The van der Waals surface area contributed by atoms with Gasteiger partial charge >= 0.3 is 0 Å². The second-order valence-corrected chi connectivity index (χ2v) is 4.19. The lowest BCUT2D eigenvalue weighted by Gasteiger charge is -2.05. The van der Waals surface area contributed by atoms with E-state index < -0.39 is 0 Å². The lowest BCUT2D eigenvalue weighted by molar-refractivity contribution is -0.110. The second-order valence-electron chi connectivity index (χ2n) is 2.93. The maximum absolute atomic E-state index is 11.0. The molecule has 1 aliphatic heterocycles. The Bertz CT molecular complexity index is 281. The molecule has 2 heteroatoms. The summed E-state index contributed by atoms with van der Waals surface area (Å²) in [6.45, 7) is 0. The van der Waals surface area contributed by atoms with Crippen molar-refractivity contribution in [2.45, 2.75) is 18.1 Å². The summed E-state index contributed by atoms with van der Waals surface area (Å²) >= 11 is 1.48. The number of thioether (sulfide) groups is 1. The Kier molecular flexibility index (Phi) is 2.17. The molecule has 12 heavy (non-hydrogen) atoms. The molecule has 1 nitrogen and oxygen atoms in total. The molecule has 0 N–H and O–H groups in total. The van der Waals surface area contributed by atoms with Crippen LogP contribution in [0.4, 0.5) is 0 Å². The Morgan fingerprint density at radius 1 is 1.25 bits per heavy atom. The normalized spacial score (nSPS) is 23.0. The quantitative estimate of drug-likeness (QED) is 0.657. The van der Waals surface area contributed by atoms with Gasteiger partial charge in [-0.25, -0.2) is 0 Å². The SMILES string of the molecule is O=C1CCC(c2ccccc2)S1. The van der Waals surface area contributed by atoms with Crippen molar-refractivity contribution in [1.82, 2.24) is 0 Å². The molecule has 0 radical (unpaired) electrons. The first-order valence-electron chi connectivity index (χ1n) is 4.11. The average Bonchev–Trinajstić information content (AvgIpc) is 2.54. The predicted molar refractivity (Wildman–Crippen MR) is 51.0 cm³/mol. The monoisotopic (exact) mass is 178 g/mol. The molecule has 1 fully saturated rings. The molecule has 0 bridgehead atoms. The molecule has 1 aliphatic rings. The standard InChI is InChI=1S/C10H10OS/c11-10-7-6-9(12-10)8-4-2-1-3-5-8/h1-5,9H,6-7H2. The van der Waals surface area contributed by atoms with Crippen LogP contribution in [0.5, 0.6) is 0 Å². The third kappa shape index (κ3) is 1.53. The third-order valence-electron chi connectivity index (χ3n) is 2.06. The van der Waals surface area contributed by atoms with Crippen molar-refractivity contribution in [3.63, 3.8) is 0 Å². The minimum Gasteiger partial charge on any atom is -0.287 e. The molecule has 62 valence electrons. The molecule has 0 aromatic heterocycles.